The van der Waals surface area contributed by atoms with Crippen LogP contribution in [0, 0.1) is 0 Å². The topological polar surface area (TPSA) is 46.3 Å². The summed E-state index contributed by atoms with van der Waals surface area (Å²) in [7, 11) is 1.56. The van der Waals surface area contributed by atoms with Gasteiger partial charge in [0.15, 0.2) is 0 Å². The lowest BCUT2D eigenvalue weighted by Gasteiger charge is -2.19. The normalized spacial score (nSPS) is 17.0. The van der Waals surface area contributed by atoms with Gasteiger partial charge in [0.05, 0.1) is 15.5 Å². The number of nitrogens with zero attached hydrogens (tertiary/aromatic N) is 1. The SMILES string of the molecule is CN(N)C(=O)C1(c2ccc(Cl)c(Cl)c2)CC1. The average molecular weight is 259 g/mol. The van der Waals surface area contributed by atoms with Crippen LogP contribution < -0.4 is 5.84 Å². The van der Waals surface area contributed by atoms with Crippen molar-refractivity contribution in [2.75, 3.05) is 7.05 Å². The van der Waals surface area contributed by atoms with Gasteiger partial charge in [-0.3, -0.25) is 9.80 Å². The molecule has 0 atom stereocenters. The molecule has 1 fully saturated rings. The van der Waals surface area contributed by atoms with E-state index in [2.05, 4.69) is 0 Å². The molecule has 1 aromatic rings. The van der Waals surface area contributed by atoms with E-state index in [-0.39, 0.29) is 5.91 Å². The second-order valence-electron chi connectivity index (χ2n) is 4.13. The summed E-state index contributed by atoms with van der Waals surface area (Å²) in [5, 5.41) is 2.10. The Kier molecular flexibility index (Phi) is 2.86. The standard InChI is InChI=1S/C11H12Cl2N2O/c1-15(14)10(16)11(4-5-11)7-2-3-8(12)9(13)6-7/h2-3,6H,4-5,14H2,1H3. The second kappa shape index (κ2) is 3.91. The lowest BCUT2D eigenvalue weighted by molar-refractivity contribution is -0.132. The summed E-state index contributed by atoms with van der Waals surface area (Å²) in [6, 6.07) is 5.30. The Balaban J connectivity index is 2.37. The monoisotopic (exact) mass is 258 g/mol. The van der Waals surface area contributed by atoms with Gasteiger partial charge >= 0.3 is 0 Å². The molecule has 1 aliphatic rings. The third-order valence-electron chi connectivity index (χ3n) is 2.95. The van der Waals surface area contributed by atoms with Crippen LogP contribution in [0.15, 0.2) is 18.2 Å². The van der Waals surface area contributed by atoms with Gasteiger partial charge in [-0.1, -0.05) is 29.3 Å². The first-order valence-corrected chi connectivity index (χ1v) is 5.71. The molecule has 2 N–H and O–H groups in total. The fraction of sp³-hybridized carbons (Fsp3) is 0.364. The molecule has 0 spiro atoms. The van der Waals surface area contributed by atoms with Gasteiger partial charge in [-0.05, 0) is 30.5 Å². The zero-order chi connectivity index (χ0) is 11.9. The van der Waals surface area contributed by atoms with Gasteiger partial charge in [-0.25, -0.2) is 5.84 Å². The predicted molar refractivity (Wildman–Crippen MR) is 64.3 cm³/mol. The van der Waals surface area contributed by atoms with Crippen molar-refractivity contribution in [3.8, 4) is 0 Å². The number of carbonyl (C=O) groups excluding carboxylic acids is 1. The van der Waals surface area contributed by atoms with E-state index in [1.54, 1.807) is 19.2 Å². The number of nitrogens with two attached hydrogens (primary N) is 1. The Hall–Kier alpha value is -0.770. The number of amides is 1. The van der Waals surface area contributed by atoms with E-state index in [1.807, 2.05) is 6.07 Å². The summed E-state index contributed by atoms with van der Waals surface area (Å²) < 4.78 is 0. The smallest absolute Gasteiger partial charge is 0.246 e. The second-order valence-corrected chi connectivity index (χ2v) is 4.94. The molecule has 5 heteroatoms. The van der Waals surface area contributed by atoms with E-state index < -0.39 is 5.41 Å². The Bertz CT molecular complexity index is 442. The predicted octanol–water partition coefficient (Wildman–Crippen LogP) is 2.36. The van der Waals surface area contributed by atoms with E-state index in [0.29, 0.717) is 10.0 Å². The molecular weight excluding hydrogens is 247 g/mol. The van der Waals surface area contributed by atoms with Crippen LogP contribution in [0.3, 0.4) is 0 Å². The van der Waals surface area contributed by atoms with Crippen molar-refractivity contribution < 1.29 is 4.79 Å². The molecule has 1 amide bonds. The van der Waals surface area contributed by atoms with Crippen molar-refractivity contribution in [2.45, 2.75) is 18.3 Å². The molecular formula is C11H12Cl2N2O. The van der Waals surface area contributed by atoms with Gasteiger partial charge in [0.25, 0.3) is 0 Å². The molecule has 1 aliphatic carbocycles. The van der Waals surface area contributed by atoms with Crippen LogP contribution >= 0.6 is 23.2 Å². The first-order valence-electron chi connectivity index (χ1n) is 4.96. The molecule has 2 rings (SSSR count). The summed E-state index contributed by atoms with van der Waals surface area (Å²) in [6.45, 7) is 0. The first kappa shape index (κ1) is 11.7. The molecule has 1 aromatic carbocycles. The number of halogens is 2. The minimum Gasteiger partial charge on any atom is -0.283 e. The summed E-state index contributed by atoms with van der Waals surface area (Å²) in [5.41, 5.74) is 0.418. The molecule has 0 aliphatic heterocycles. The average Bonchev–Trinajstić information content (AvgIpc) is 3.02. The summed E-state index contributed by atoms with van der Waals surface area (Å²) in [5.74, 6) is 5.41. The molecule has 0 aromatic heterocycles. The van der Waals surface area contributed by atoms with Crippen LogP contribution in [-0.4, -0.2) is 18.0 Å². The number of benzene rings is 1. The molecule has 0 radical (unpaired) electrons. The Morgan fingerprint density at radius 2 is 2.00 bits per heavy atom. The van der Waals surface area contributed by atoms with Gasteiger partial charge in [0, 0.05) is 7.05 Å². The van der Waals surface area contributed by atoms with Gasteiger partial charge in [0.1, 0.15) is 0 Å². The van der Waals surface area contributed by atoms with E-state index in [0.717, 1.165) is 23.4 Å². The van der Waals surface area contributed by atoms with E-state index in [4.69, 9.17) is 29.0 Å². The molecule has 86 valence electrons. The fourth-order valence-corrected chi connectivity index (χ4v) is 2.18. The fourth-order valence-electron chi connectivity index (χ4n) is 1.88. The zero-order valence-corrected chi connectivity index (χ0v) is 10.3. The maximum absolute atomic E-state index is 11.9. The van der Waals surface area contributed by atoms with Crippen LogP contribution in [0.2, 0.25) is 10.0 Å². The number of hydrogen-bond donors (Lipinski definition) is 1. The van der Waals surface area contributed by atoms with Crippen LogP contribution in [0.1, 0.15) is 18.4 Å². The third kappa shape index (κ3) is 1.79. The number of hydrazine groups is 1. The Morgan fingerprint density at radius 3 is 2.44 bits per heavy atom. The van der Waals surface area contributed by atoms with E-state index in [9.17, 15) is 4.79 Å². The minimum absolute atomic E-state index is 0.0779. The minimum atomic E-state index is -0.474. The van der Waals surface area contributed by atoms with Crippen molar-refractivity contribution in [1.29, 1.82) is 0 Å². The number of likely N-dealkylation sites (N-methyl/N-ethyl adjacent to an activating group) is 1. The third-order valence-corrected chi connectivity index (χ3v) is 3.69. The molecule has 0 heterocycles. The Labute approximate surface area is 104 Å². The molecule has 16 heavy (non-hydrogen) atoms. The van der Waals surface area contributed by atoms with E-state index in [1.165, 1.54) is 0 Å². The van der Waals surface area contributed by atoms with Gasteiger partial charge < -0.3 is 0 Å². The highest BCUT2D eigenvalue weighted by Gasteiger charge is 2.52. The lowest BCUT2D eigenvalue weighted by Crippen LogP contribution is -2.41. The van der Waals surface area contributed by atoms with Gasteiger partial charge in [-0.2, -0.15) is 0 Å². The van der Waals surface area contributed by atoms with Crippen LogP contribution in [0.5, 0.6) is 0 Å². The Morgan fingerprint density at radius 1 is 1.38 bits per heavy atom. The summed E-state index contributed by atoms with van der Waals surface area (Å²) in [4.78, 5) is 11.9. The molecule has 0 saturated heterocycles. The molecule has 0 unspecified atom stereocenters. The van der Waals surface area contributed by atoms with Crippen LogP contribution in [-0.2, 0) is 10.2 Å². The van der Waals surface area contributed by atoms with E-state index >= 15 is 0 Å². The maximum Gasteiger partial charge on any atom is 0.246 e. The van der Waals surface area contributed by atoms with Crippen molar-refractivity contribution in [1.82, 2.24) is 5.01 Å². The summed E-state index contributed by atoms with van der Waals surface area (Å²) in [6.07, 6.45) is 1.62. The molecule has 0 bridgehead atoms. The zero-order valence-electron chi connectivity index (χ0n) is 8.84. The van der Waals surface area contributed by atoms with Crippen LogP contribution in [0.25, 0.3) is 0 Å². The van der Waals surface area contributed by atoms with Crippen molar-refractivity contribution >= 4 is 29.1 Å². The first-order chi connectivity index (χ1) is 7.47. The highest BCUT2D eigenvalue weighted by atomic mass is 35.5. The largest absolute Gasteiger partial charge is 0.283 e. The highest BCUT2D eigenvalue weighted by Crippen LogP contribution is 2.50. The van der Waals surface area contributed by atoms with Crippen molar-refractivity contribution in [2.24, 2.45) is 5.84 Å². The quantitative estimate of drug-likeness (QED) is 0.503. The number of carbonyl (C=O) groups is 1. The van der Waals surface area contributed by atoms with Gasteiger partial charge in [-0.15, -0.1) is 0 Å². The lowest BCUT2D eigenvalue weighted by atomic mass is 9.95. The van der Waals surface area contributed by atoms with Crippen LogP contribution in [0.4, 0.5) is 0 Å². The summed E-state index contributed by atoms with van der Waals surface area (Å²) >= 11 is 11.8. The number of hydrogen-bond acceptors (Lipinski definition) is 2. The van der Waals surface area contributed by atoms with Crippen molar-refractivity contribution in [3.05, 3.63) is 33.8 Å². The molecule has 1 saturated carbocycles. The maximum atomic E-state index is 11.9. The molecule has 3 nitrogen and oxygen atoms in total. The highest BCUT2D eigenvalue weighted by molar-refractivity contribution is 6.42. The van der Waals surface area contributed by atoms with Gasteiger partial charge in [0.2, 0.25) is 5.91 Å². The van der Waals surface area contributed by atoms with Crippen molar-refractivity contribution in [3.63, 3.8) is 0 Å². The number of rotatable bonds is 2.